The molecule has 0 bridgehead atoms. The fourth-order valence-electron chi connectivity index (χ4n) is 5.05. The molecule has 1 aromatic heterocycles. The topological polar surface area (TPSA) is 71.0 Å². The lowest BCUT2D eigenvalue weighted by Crippen LogP contribution is -2.39. The maximum Gasteiger partial charge on any atom is 0.410 e. The summed E-state index contributed by atoms with van der Waals surface area (Å²) in [5.41, 5.74) is 3.96. The van der Waals surface area contributed by atoms with Gasteiger partial charge in [-0.3, -0.25) is 4.79 Å². The van der Waals surface area contributed by atoms with Crippen molar-refractivity contribution in [2.45, 2.75) is 90.9 Å². The third kappa shape index (κ3) is 7.28. The van der Waals surface area contributed by atoms with E-state index in [0.717, 1.165) is 15.9 Å². The van der Waals surface area contributed by atoms with Crippen LogP contribution in [-0.2, 0) is 10.8 Å². The van der Waals surface area contributed by atoms with E-state index in [9.17, 15) is 18.0 Å². The molecular weight excluding hydrogens is 539 g/mol. The van der Waals surface area contributed by atoms with Crippen molar-refractivity contribution in [1.29, 1.82) is 0 Å². The number of alkyl halides is 3. The molecule has 1 aliphatic rings. The van der Waals surface area contributed by atoms with Gasteiger partial charge in [0.1, 0.15) is 11.4 Å². The third-order valence-electron chi connectivity index (χ3n) is 7.85. The van der Waals surface area contributed by atoms with Crippen molar-refractivity contribution in [3.8, 4) is 0 Å². The van der Waals surface area contributed by atoms with Crippen LogP contribution in [0.15, 0.2) is 54.7 Å². The largest absolute Gasteiger partial charge is 0.410 e. The van der Waals surface area contributed by atoms with Gasteiger partial charge in [-0.15, -0.1) is 0 Å². The van der Waals surface area contributed by atoms with Gasteiger partial charge in [0.15, 0.2) is 6.04 Å². The standard InChI is InChI=1S/C33H44F3N5O/c1-30(2,3)22-14-23(31(4,5)6)16-24(15-22)37-19-32(7,8)20-38-29(42)25-18-39-41-27(33(34,35)36)17-26(40-28(25)41)21-12-10-9-11-13-21/h9-16,18,26-27,37,40H,17,19-20H2,1-8H3,(H,38,42). The molecule has 3 N–H and O–H groups in total. The Hall–Kier alpha value is -3.49. The highest BCUT2D eigenvalue weighted by Crippen LogP contribution is 2.44. The monoisotopic (exact) mass is 583 g/mol. The predicted molar refractivity (Wildman–Crippen MR) is 163 cm³/mol. The Morgan fingerprint density at radius 3 is 2.07 bits per heavy atom. The first kappa shape index (κ1) is 31.4. The van der Waals surface area contributed by atoms with E-state index in [1.54, 1.807) is 24.3 Å². The lowest BCUT2D eigenvalue weighted by atomic mass is 9.80. The number of rotatable bonds is 7. The quantitative estimate of drug-likeness (QED) is 0.264. The lowest BCUT2D eigenvalue weighted by Gasteiger charge is -2.34. The van der Waals surface area contributed by atoms with Gasteiger partial charge >= 0.3 is 6.18 Å². The molecule has 3 aromatic rings. The summed E-state index contributed by atoms with van der Waals surface area (Å²) in [7, 11) is 0. The molecule has 228 valence electrons. The normalized spacial score (nSPS) is 17.8. The first-order valence-corrected chi connectivity index (χ1v) is 14.5. The average molecular weight is 584 g/mol. The molecule has 0 saturated carbocycles. The van der Waals surface area contributed by atoms with Crippen LogP contribution in [0.3, 0.4) is 0 Å². The van der Waals surface area contributed by atoms with E-state index in [4.69, 9.17) is 0 Å². The molecule has 2 unspecified atom stereocenters. The molecule has 0 fully saturated rings. The summed E-state index contributed by atoms with van der Waals surface area (Å²) < 4.78 is 43.0. The van der Waals surface area contributed by atoms with Gasteiger partial charge in [0.2, 0.25) is 0 Å². The number of halogens is 3. The van der Waals surface area contributed by atoms with Crippen LogP contribution in [0.2, 0.25) is 0 Å². The molecule has 0 aliphatic carbocycles. The van der Waals surface area contributed by atoms with Crippen LogP contribution in [0.1, 0.15) is 101 Å². The molecular formula is C33H44F3N5O. The summed E-state index contributed by atoms with van der Waals surface area (Å²) in [6.07, 6.45) is -3.50. The molecule has 2 atom stereocenters. The highest BCUT2D eigenvalue weighted by Gasteiger charge is 2.47. The Balaban J connectivity index is 1.48. The van der Waals surface area contributed by atoms with Crippen molar-refractivity contribution in [2.24, 2.45) is 5.41 Å². The van der Waals surface area contributed by atoms with E-state index in [2.05, 4.69) is 80.8 Å². The van der Waals surface area contributed by atoms with E-state index < -0.39 is 24.2 Å². The van der Waals surface area contributed by atoms with Crippen LogP contribution in [0, 0.1) is 5.41 Å². The first-order valence-electron chi connectivity index (χ1n) is 14.5. The van der Waals surface area contributed by atoms with Crippen molar-refractivity contribution in [3.05, 3.63) is 77.0 Å². The number of aromatic nitrogens is 2. The number of carbonyl (C=O) groups excluding carboxylic acids is 1. The second-order valence-corrected chi connectivity index (χ2v) is 14.3. The van der Waals surface area contributed by atoms with Gasteiger partial charge in [0.05, 0.1) is 12.2 Å². The van der Waals surface area contributed by atoms with E-state index in [1.807, 2.05) is 19.9 Å². The maximum atomic E-state index is 14.0. The maximum absolute atomic E-state index is 14.0. The molecule has 4 rings (SSSR count). The number of hydrogen-bond acceptors (Lipinski definition) is 4. The molecule has 2 aromatic carbocycles. The zero-order valence-electron chi connectivity index (χ0n) is 25.9. The van der Waals surface area contributed by atoms with E-state index in [-0.39, 0.29) is 34.0 Å². The Labute approximate surface area is 247 Å². The highest BCUT2D eigenvalue weighted by atomic mass is 19.4. The molecule has 0 saturated heterocycles. The molecule has 1 aliphatic heterocycles. The second kappa shape index (κ2) is 11.3. The summed E-state index contributed by atoms with van der Waals surface area (Å²) in [6, 6.07) is 13.2. The van der Waals surface area contributed by atoms with Gasteiger partial charge in [0.25, 0.3) is 5.91 Å². The number of benzene rings is 2. The van der Waals surface area contributed by atoms with Crippen LogP contribution in [0.4, 0.5) is 24.7 Å². The van der Waals surface area contributed by atoms with Crippen molar-refractivity contribution in [1.82, 2.24) is 15.1 Å². The summed E-state index contributed by atoms with van der Waals surface area (Å²) in [6.45, 7) is 18.2. The summed E-state index contributed by atoms with van der Waals surface area (Å²) >= 11 is 0. The third-order valence-corrected chi connectivity index (χ3v) is 7.85. The van der Waals surface area contributed by atoms with E-state index in [0.29, 0.717) is 13.1 Å². The van der Waals surface area contributed by atoms with Crippen molar-refractivity contribution < 1.29 is 18.0 Å². The number of anilines is 2. The zero-order chi connectivity index (χ0) is 31.1. The van der Waals surface area contributed by atoms with Crippen LogP contribution < -0.4 is 16.0 Å². The van der Waals surface area contributed by atoms with Gasteiger partial charge in [0, 0.05) is 25.2 Å². The zero-order valence-corrected chi connectivity index (χ0v) is 25.9. The van der Waals surface area contributed by atoms with E-state index >= 15 is 0 Å². The van der Waals surface area contributed by atoms with Crippen molar-refractivity contribution in [2.75, 3.05) is 23.7 Å². The van der Waals surface area contributed by atoms with Gasteiger partial charge in [-0.05, 0) is 45.1 Å². The smallest absolute Gasteiger partial charge is 0.384 e. The Morgan fingerprint density at radius 2 is 1.52 bits per heavy atom. The van der Waals surface area contributed by atoms with Gasteiger partial charge in [-0.2, -0.15) is 18.3 Å². The molecule has 9 heteroatoms. The highest BCUT2D eigenvalue weighted by molar-refractivity contribution is 5.99. The van der Waals surface area contributed by atoms with Gasteiger partial charge in [-0.1, -0.05) is 91.8 Å². The summed E-state index contributed by atoms with van der Waals surface area (Å²) in [5.74, 6) is -0.379. The van der Waals surface area contributed by atoms with Crippen LogP contribution >= 0.6 is 0 Å². The predicted octanol–water partition coefficient (Wildman–Crippen LogP) is 8.01. The van der Waals surface area contributed by atoms with Crippen molar-refractivity contribution in [3.63, 3.8) is 0 Å². The lowest BCUT2D eigenvalue weighted by molar-refractivity contribution is -0.173. The molecule has 0 spiro atoms. The second-order valence-electron chi connectivity index (χ2n) is 14.3. The Morgan fingerprint density at radius 1 is 0.929 bits per heavy atom. The Bertz CT molecular complexity index is 1370. The fraction of sp³-hybridized carbons (Fsp3) is 0.515. The number of amides is 1. The summed E-state index contributed by atoms with van der Waals surface area (Å²) in [5, 5.41) is 13.6. The number of carbonyl (C=O) groups is 1. The number of nitrogens with one attached hydrogen (secondary N) is 3. The van der Waals surface area contributed by atoms with Crippen LogP contribution in [0.5, 0.6) is 0 Å². The minimum atomic E-state index is -4.51. The van der Waals surface area contributed by atoms with Crippen molar-refractivity contribution >= 4 is 17.4 Å². The number of nitrogens with zero attached hydrogens (tertiary/aromatic N) is 2. The molecule has 2 heterocycles. The minimum absolute atomic E-state index is 0.00934. The number of hydrogen-bond donors (Lipinski definition) is 3. The van der Waals surface area contributed by atoms with Gasteiger partial charge in [-0.25, -0.2) is 4.68 Å². The van der Waals surface area contributed by atoms with Crippen LogP contribution in [0.25, 0.3) is 0 Å². The fourth-order valence-corrected chi connectivity index (χ4v) is 5.05. The van der Waals surface area contributed by atoms with Crippen LogP contribution in [-0.4, -0.2) is 35.0 Å². The molecule has 42 heavy (non-hydrogen) atoms. The first-order chi connectivity index (χ1) is 19.3. The minimum Gasteiger partial charge on any atom is -0.384 e. The molecule has 1 amide bonds. The number of fused-ring (bicyclic) bond motifs is 1. The summed E-state index contributed by atoms with van der Waals surface area (Å²) in [4.78, 5) is 13.3. The Kier molecular flexibility index (Phi) is 8.46. The average Bonchev–Trinajstić information content (AvgIpc) is 3.33. The molecule has 6 nitrogen and oxygen atoms in total. The SMILES string of the molecule is CC(C)(CNC(=O)c1cnn2c1NC(c1ccccc1)CC2C(F)(F)F)CNc1cc(C(C)(C)C)cc(C(C)(C)C)c1. The molecule has 0 radical (unpaired) electrons. The van der Waals surface area contributed by atoms with E-state index in [1.165, 1.54) is 17.3 Å². The van der Waals surface area contributed by atoms with Gasteiger partial charge < -0.3 is 16.0 Å².